The molecule has 0 aromatic heterocycles. The first-order chi connectivity index (χ1) is 9.00. The van der Waals surface area contributed by atoms with Crippen molar-refractivity contribution in [2.45, 2.75) is 24.8 Å². The largest absolute Gasteiger partial charge is 0.335 e. The third-order valence-electron chi connectivity index (χ3n) is 3.34. The number of nitrogens with zero attached hydrogens (tertiary/aromatic N) is 1. The van der Waals surface area contributed by atoms with Crippen molar-refractivity contribution in [2.75, 3.05) is 0 Å². The molecule has 0 spiro atoms. The molecule has 3 rings (SSSR count). The molecule has 1 fully saturated rings. The number of nitrogens with two attached hydrogens (primary N) is 1. The average Bonchev–Trinajstić information content (AvgIpc) is 3.06. The number of hydroxylamine groups is 2. The first-order valence-electron chi connectivity index (χ1n) is 5.98. The van der Waals surface area contributed by atoms with Crippen LogP contribution in [0.15, 0.2) is 24.3 Å². The smallest absolute Gasteiger partial charge is 0.330 e. The Labute approximate surface area is 109 Å². The van der Waals surface area contributed by atoms with Crippen molar-refractivity contribution in [3.63, 3.8) is 0 Å². The minimum Gasteiger partial charge on any atom is -0.330 e. The molecule has 0 bridgehead atoms. The third kappa shape index (κ3) is 2.00. The quantitative estimate of drug-likeness (QED) is 0.805. The van der Waals surface area contributed by atoms with Gasteiger partial charge in [-0.15, -0.1) is 0 Å². The van der Waals surface area contributed by atoms with Gasteiger partial charge in [0.1, 0.15) is 0 Å². The van der Waals surface area contributed by atoms with E-state index in [4.69, 9.17) is 10.6 Å². The van der Waals surface area contributed by atoms with Gasteiger partial charge in [0, 0.05) is 5.54 Å². The lowest BCUT2D eigenvalue weighted by molar-refractivity contribution is -0.169. The van der Waals surface area contributed by atoms with Gasteiger partial charge in [0.25, 0.3) is 11.8 Å². The van der Waals surface area contributed by atoms with Crippen molar-refractivity contribution in [3.05, 3.63) is 35.4 Å². The molecule has 98 valence electrons. The lowest BCUT2D eigenvalue weighted by Crippen LogP contribution is -2.35. The molecule has 2 N–H and O–H groups in total. The van der Waals surface area contributed by atoms with Gasteiger partial charge in [-0.3, -0.25) is 9.59 Å². The van der Waals surface area contributed by atoms with Gasteiger partial charge in [-0.2, -0.15) is 0 Å². The SMILES string of the molecule is NC1(CC(=O)ON2C(=O)c3ccccc3C2=O)CC1. The van der Waals surface area contributed by atoms with E-state index in [2.05, 4.69) is 0 Å². The number of imide groups is 1. The van der Waals surface area contributed by atoms with Crippen LogP contribution >= 0.6 is 0 Å². The van der Waals surface area contributed by atoms with Gasteiger partial charge in [-0.25, -0.2) is 4.79 Å². The maximum Gasteiger partial charge on any atom is 0.335 e. The molecule has 1 heterocycles. The van der Waals surface area contributed by atoms with Crippen LogP contribution in [0.3, 0.4) is 0 Å². The van der Waals surface area contributed by atoms with Crippen molar-refractivity contribution in [1.29, 1.82) is 0 Å². The first kappa shape index (κ1) is 11.9. The van der Waals surface area contributed by atoms with E-state index in [1.165, 1.54) is 12.1 Å². The van der Waals surface area contributed by atoms with E-state index < -0.39 is 23.3 Å². The number of carbonyl (C=O) groups is 3. The van der Waals surface area contributed by atoms with Crippen molar-refractivity contribution in [1.82, 2.24) is 5.06 Å². The van der Waals surface area contributed by atoms with E-state index in [1.807, 2.05) is 0 Å². The van der Waals surface area contributed by atoms with E-state index in [0.29, 0.717) is 5.06 Å². The van der Waals surface area contributed by atoms with E-state index in [-0.39, 0.29) is 17.5 Å². The highest BCUT2D eigenvalue weighted by Gasteiger charge is 2.43. The van der Waals surface area contributed by atoms with Gasteiger partial charge in [0.2, 0.25) is 0 Å². The Morgan fingerprint density at radius 1 is 1.21 bits per heavy atom. The highest BCUT2D eigenvalue weighted by atomic mass is 16.7. The summed E-state index contributed by atoms with van der Waals surface area (Å²) in [6.07, 6.45) is 1.52. The number of rotatable bonds is 3. The maximum absolute atomic E-state index is 11.9. The summed E-state index contributed by atoms with van der Waals surface area (Å²) in [4.78, 5) is 40.3. The van der Waals surface area contributed by atoms with Crippen LogP contribution in [0.4, 0.5) is 0 Å². The Morgan fingerprint density at radius 2 is 1.74 bits per heavy atom. The predicted molar refractivity (Wildman–Crippen MR) is 63.8 cm³/mol. The topological polar surface area (TPSA) is 89.7 Å². The summed E-state index contributed by atoms with van der Waals surface area (Å²) < 4.78 is 0. The van der Waals surface area contributed by atoms with Crippen molar-refractivity contribution in [3.8, 4) is 0 Å². The molecule has 6 heteroatoms. The van der Waals surface area contributed by atoms with Crippen molar-refractivity contribution >= 4 is 17.8 Å². The Kier molecular flexibility index (Phi) is 2.43. The van der Waals surface area contributed by atoms with Gasteiger partial charge in [0.05, 0.1) is 17.5 Å². The Balaban J connectivity index is 1.75. The van der Waals surface area contributed by atoms with Gasteiger partial charge >= 0.3 is 5.97 Å². The number of amides is 2. The van der Waals surface area contributed by atoms with Crippen molar-refractivity contribution in [2.24, 2.45) is 5.73 Å². The van der Waals surface area contributed by atoms with Crippen LogP contribution in [-0.4, -0.2) is 28.4 Å². The first-order valence-corrected chi connectivity index (χ1v) is 5.98. The number of fused-ring (bicyclic) bond motifs is 1. The fourth-order valence-corrected chi connectivity index (χ4v) is 2.01. The molecule has 0 atom stereocenters. The molecule has 0 unspecified atom stereocenters. The molecular weight excluding hydrogens is 248 g/mol. The normalized spacial score (nSPS) is 19.3. The van der Waals surface area contributed by atoms with E-state index in [1.54, 1.807) is 12.1 Å². The molecular formula is C13H12N2O4. The highest BCUT2D eigenvalue weighted by molar-refractivity contribution is 6.20. The second kappa shape index (κ2) is 3.89. The minimum absolute atomic E-state index is 0.0143. The average molecular weight is 260 g/mol. The fraction of sp³-hybridized carbons (Fsp3) is 0.308. The molecule has 2 amide bonds. The zero-order valence-electron chi connectivity index (χ0n) is 10.1. The number of carbonyl (C=O) groups excluding carboxylic acids is 3. The predicted octanol–water partition coefficient (Wildman–Crippen LogP) is 0.622. The highest BCUT2D eigenvalue weighted by Crippen LogP contribution is 2.36. The number of benzene rings is 1. The molecule has 6 nitrogen and oxygen atoms in total. The molecule has 0 radical (unpaired) electrons. The number of hydrogen-bond acceptors (Lipinski definition) is 5. The molecule has 1 aromatic rings. The van der Waals surface area contributed by atoms with Crippen LogP contribution in [0.5, 0.6) is 0 Å². The Hall–Kier alpha value is -2.21. The standard InChI is InChI=1S/C13H12N2O4/c14-13(5-6-13)7-10(16)19-15-11(17)8-3-1-2-4-9(8)12(15)18/h1-4H,5-7,14H2. The van der Waals surface area contributed by atoms with E-state index in [9.17, 15) is 14.4 Å². The monoisotopic (exact) mass is 260 g/mol. The third-order valence-corrected chi connectivity index (χ3v) is 3.34. The molecule has 19 heavy (non-hydrogen) atoms. The lowest BCUT2D eigenvalue weighted by atomic mass is 10.1. The maximum atomic E-state index is 11.9. The van der Waals surface area contributed by atoms with Crippen LogP contribution in [-0.2, 0) is 9.63 Å². The van der Waals surface area contributed by atoms with Crippen molar-refractivity contribution < 1.29 is 19.2 Å². The Bertz CT molecular complexity index is 557. The molecule has 1 saturated carbocycles. The van der Waals surface area contributed by atoms with Gasteiger partial charge in [0.15, 0.2) is 0 Å². The molecule has 1 aromatic carbocycles. The zero-order chi connectivity index (χ0) is 13.6. The summed E-state index contributed by atoms with van der Waals surface area (Å²) in [6.45, 7) is 0. The van der Waals surface area contributed by atoms with E-state index in [0.717, 1.165) is 12.8 Å². The van der Waals surface area contributed by atoms with Gasteiger partial charge in [-0.05, 0) is 25.0 Å². The summed E-state index contributed by atoms with van der Waals surface area (Å²) in [7, 11) is 0. The summed E-state index contributed by atoms with van der Waals surface area (Å²) in [5, 5.41) is 0.513. The van der Waals surface area contributed by atoms with E-state index >= 15 is 0 Å². The summed E-state index contributed by atoms with van der Waals surface area (Å²) >= 11 is 0. The summed E-state index contributed by atoms with van der Waals surface area (Å²) in [5.74, 6) is -1.89. The summed E-state index contributed by atoms with van der Waals surface area (Å²) in [5.41, 5.74) is 5.76. The van der Waals surface area contributed by atoms with Gasteiger partial charge in [-0.1, -0.05) is 17.2 Å². The second-order valence-corrected chi connectivity index (χ2v) is 4.95. The van der Waals surface area contributed by atoms with Crippen LogP contribution < -0.4 is 5.73 Å². The van der Waals surface area contributed by atoms with Crippen LogP contribution in [0.1, 0.15) is 40.0 Å². The Morgan fingerprint density at radius 3 is 2.21 bits per heavy atom. The van der Waals surface area contributed by atoms with Crippen LogP contribution in [0.2, 0.25) is 0 Å². The minimum atomic E-state index is -0.658. The molecule has 1 aliphatic heterocycles. The molecule has 1 aliphatic carbocycles. The number of hydrogen-bond donors (Lipinski definition) is 1. The fourth-order valence-electron chi connectivity index (χ4n) is 2.01. The van der Waals surface area contributed by atoms with Gasteiger partial charge < -0.3 is 10.6 Å². The zero-order valence-corrected chi connectivity index (χ0v) is 10.1. The summed E-state index contributed by atoms with van der Waals surface area (Å²) in [6, 6.07) is 6.34. The lowest BCUT2D eigenvalue weighted by Gasteiger charge is -2.14. The molecule has 2 aliphatic rings. The molecule has 0 saturated heterocycles. The van der Waals surface area contributed by atoms with Crippen LogP contribution in [0, 0.1) is 0 Å². The van der Waals surface area contributed by atoms with Crippen LogP contribution in [0.25, 0.3) is 0 Å². The second-order valence-electron chi connectivity index (χ2n) is 4.95.